The van der Waals surface area contributed by atoms with E-state index in [2.05, 4.69) is 20.9 Å². The highest BCUT2D eigenvalue weighted by Crippen LogP contribution is 2.20. The van der Waals surface area contributed by atoms with Gasteiger partial charge in [0.15, 0.2) is 0 Å². The van der Waals surface area contributed by atoms with Crippen molar-refractivity contribution in [3.63, 3.8) is 0 Å². The van der Waals surface area contributed by atoms with Crippen LogP contribution in [0, 0.1) is 11.3 Å². The molecule has 3 nitrogen and oxygen atoms in total. The van der Waals surface area contributed by atoms with Crippen LogP contribution in [0.2, 0.25) is 0 Å². The van der Waals surface area contributed by atoms with Crippen LogP contribution in [-0.4, -0.2) is 4.98 Å². The number of rotatable bonds is 1. The zero-order valence-corrected chi connectivity index (χ0v) is 7.30. The first-order chi connectivity index (χ1) is 5.25. The lowest BCUT2D eigenvalue weighted by molar-refractivity contribution is 1.18. The zero-order chi connectivity index (χ0) is 8.27. The second-order valence-corrected chi connectivity index (χ2v) is 2.85. The van der Waals surface area contributed by atoms with Gasteiger partial charge in [-0.15, -0.1) is 0 Å². The topological polar surface area (TPSA) is 62.7 Å². The first-order valence-electron chi connectivity index (χ1n) is 3.01. The van der Waals surface area contributed by atoms with Crippen LogP contribution in [-0.2, 0) is 6.42 Å². The molecule has 0 spiro atoms. The number of anilines is 1. The van der Waals surface area contributed by atoms with Gasteiger partial charge in [0.05, 0.1) is 12.5 Å². The van der Waals surface area contributed by atoms with Gasteiger partial charge in [-0.1, -0.05) is 15.9 Å². The number of pyridine rings is 1. The molecule has 1 heterocycles. The first kappa shape index (κ1) is 8.02. The van der Waals surface area contributed by atoms with Gasteiger partial charge in [0, 0.05) is 16.2 Å². The largest absolute Gasteiger partial charge is 0.383 e. The van der Waals surface area contributed by atoms with Gasteiger partial charge >= 0.3 is 0 Å². The van der Waals surface area contributed by atoms with Gasteiger partial charge in [-0.25, -0.2) is 4.98 Å². The SMILES string of the molecule is N#CCc1c(Br)ccnc1N. The van der Waals surface area contributed by atoms with E-state index in [0.29, 0.717) is 12.2 Å². The molecule has 0 aromatic carbocycles. The molecule has 0 radical (unpaired) electrons. The van der Waals surface area contributed by atoms with E-state index in [1.54, 1.807) is 12.3 Å². The Morgan fingerprint density at radius 2 is 2.45 bits per heavy atom. The molecule has 2 N–H and O–H groups in total. The Morgan fingerprint density at radius 3 is 3.00 bits per heavy atom. The molecule has 0 atom stereocenters. The Hall–Kier alpha value is -1.08. The first-order valence-corrected chi connectivity index (χ1v) is 3.81. The Bertz CT molecular complexity index is 283. The van der Waals surface area contributed by atoms with Crippen LogP contribution in [0.25, 0.3) is 0 Å². The van der Waals surface area contributed by atoms with Gasteiger partial charge in [-0.3, -0.25) is 0 Å². The van der Waals surface area contributed by atoms with Crippen LogP contribution >= 0.6 is 15.9 Å². The molecule has 0 fully saturated rings. The summed E-state index contributed by atoms with van der Waals surface area (Å²) >= 11 is 3.28. The minimum absolute atomic E-state index is 0.292. The molecule has 0 saturated heterocycles. The monoisotopic (exact) mass is 211 g/mol. The maximum atomic E-state index is 8.41. The predicted octanol–water partition coefficient (Wildman–Crippen LogP) is 1.49. The zero-order valence-electron chi connectivity index (χ0n) is 5.71. The van der Waals surface area contributed by atoms with Crippen molar-refractivity contribution >= 4 is 21.7 Å². The number of nitrogen functional groups attached to an aromatic ring is 1. The molecule has 0 bridgehead atoms. The van der Waals surface area contributed by atoms with E-state index in [9.17, 15) is 0 Å². The smallest absolute Gasteiger partial charge is 0.128 e. The second kappa shape index (κ2) is 3.35. The van der Waals surface area contributed by atoms with Gasteiger partial charge in [-0.05, 0) is 6.07 Å². The third-order valence-electron chi connectivity index (χ3n) is 1.29. The molecule has 4 heteroatoms. The summed E-state index contributed by atoms with van der Waals surface area (Å²) in [5.74, 6) is 0.418. The number of aromatic nitrogens is 1. The molecule has 1 rings (SSSR count). The number of hydrogen-bond acceptors (Lipinski definition) is 3. The van der Waals surface area contributed by atoms with Crippen LogP contribution in [0.1, 0.15) is 5.56 Å². The van der Waals surface area contributed by atoms with E-state index in [1.165, 1.54) is 0 Å². The van der Waals surface area contributed by atoms with E-state index in [1.807, 2.05) is 6.07 Å². The predicted molar refractivity (Wildman–Crippen MR) is 45.7 cm³/mol. The molecule has 0 aliphatic rings. The Labute approximate surface area is 73.0 Å². The van der Waals surface area contributed by atoms with Crippen molar-refractivity contribution in [2.45, 2.75) is 6.42 Å². The summed E-state index contributed by atoms with van der Waals surface area (Å²) in [5, 5.41) is 8.41. The molecule has 1 aromatic heterocycles. The van der Waals surface area contributed by atoms with E-state index in [-0.39, 0.29) is 0 Å². The minimum atomic E-state index is 0.292. The van der Waals surface area contributed by atoms with Crippen molar-refractivity contribution in [2.24, 2.45) is 0 Å². The summed E-state index contributed by atoms with van der Waals surface area (Å²) in [6, 6.07) is 3.78. The van der Waals surface area contributed by atoms with Crippen LogP contribution in [0.15, 0.2) is 16.7 Å². The quantitative estimate of drug-likeness (QED) is 0.766. The summed E-state index contributed by atoms with van der Waals surface area (Å²) < 4.78 is 0.839. The van der Waals surface area contributed by atoms with Gasteiger partial charge in [0.25, 0.3) is 0 Å². The van der Waals surface area contributed by atoms with Gasteiger partial charge in [0.1, 0.15) is 5.82 Å². The van der Waals surface area contributed by atoms with Crippen LogP contribution in [0.4, 0.5) is 5.82 Å². The minimum Gasteiger partial charge on any atom is -0.383 e. The van der Waals surface area contributed by atoms with E-state index >= 15 is 0 Å². The van der Waals surface area contributed by atoms with Crippen LogP contribution in [0.5, 0.6) is 0 Å². The third-order valence-corrected chi connectivity index (χ3v) is 2.03. The molecule has 0 amide bonds. The fraction of sp³-hybridized carbons (Fsp3) is 0.143. The highest BCUT2D eigenvalue weighted by Gasteiger charge is 2.02. The average molecular weight is 212 g/mol. The fourth-order valence-electron chi connectivity index (χ4n) is 0.738. The number of nitrogens with two attached hydrogens (primary N) is 1. The Kier molecular flexibility index (Phi) is 2.44. The second-order valence-electron chi connectivity index (χ2n) is 1.99. The van der Waals surface area contributed by atoms with Crippen molar-refractivity contribution in [3.05, 3.63) is 22.3 Å². The summed E-state index contributed by atoms with van der Waals surface area (Å²) in [6.45, 7) is 0. The van der Waals surface area contributed by atoms with E-state index in [0.717, 1.165) is 10.0 Å². The van der Waals surface area contributed by atoms with Crippen molar-refractivity contribution < 1.29 is 0 Å². The van der Waals surface area contributed by atoms with Crippen molar-refractivity contribution in [3.8, 4) is 6.07 Å². The Balaban J connectivity index is 3.12. The molecule has 1 aromatic rings. The lowest BCUT2D eigenvalue weighted by atomic mass is 10.2. The highest BCUT2D eigenvalue weighted by molar-refractivity contribution is 9.10. The number of hydrogen-bond donors (Lipinski definition) is 1. The van der Waals surface area contributed by atoms with Gasteiger partial charge in [-0.2, -0.15) is 5.26 Å². The summed E-state index contributed by atoms with van der Waals surface area (Å²) in [4.78, 5) is 3.86. The van der Waals surface area contributed by atoms with E-state index in [4.69, 9.17) is 11.0 Å². The van der Waals surface area contributed by atoms with Crippen molar-refractivity contribution in [2.75, 3.05) is 5.73 Å². The van der Waals surface area contributed by atoms with Gasteiger partial charge in [0.2, 0.25) is 0 Å². The molecule has 0 unspecified atom stereocenters. The van der Waals surface area contributed by atoms with Gasteiger partial charge < -0.3 is 5.73 Å². The highest BCUT2D eigenvalue weighted by atomic mass is 79.9. The standard InChI is InChI=1S/C7H6BrN3/c8-6-2-4-11-7(10)5(6)1-3-9/h2,4H,1H2,(H2,10,11). The lowest BCUT2D eigenvalue weighted by Gasteiger charge is -2.00. The molecule has 0 aliphatic heterocycles. The molecule has 11 heavy (non-hydrogen) atoms. The molecule has 0 saturated carbocycles. The summed E-state index contributed by atoms with van der Waals surface area (Å²) in [5.41, 5.74) is 6.27. The molecular weight excluding hydrogens is 206 g/mol. The summed E-state index contributed by atoms with van der Waals surface area (Å²) in [6.07, 6.45) is 1.89. The molecule has 56 valence electrons. The van der Waals surface area contributed by atoms with Crippen LogP contribution < -0.4 is 5.73 Å². The lowest BCUT2D eigenvalue weighted by Crippen LogP contribution is -1.97. The fourth-order valence-corrected chi connectivity index (χ4v) is 1.20. The normalized spacial score (nSPS) is 9.09. The molecular formula is C7H6BrN3. The Morgan fingerprint density at radius 1 is 1.73 bits per heavy atom. The van der Waals surface area contributed by atoms with Crippen molar-refractivity contribution in [1.29, 1.82) is 5.26 Å². The number of nitrogens with zero attached hydrogens (tertiary/aromatic N) is 2. The summed E-state index contributed by atoms with van der Waals surface area (Å²) in [7, 11) is 0. The third kappa shape index (κ3) is 1.69. The molecule has 0 aliphatic carbocycles. The number of nitriles is 1. The average Bonchev–Trinajstić information content (AvgIpc) is 1.97. The maximum absolute atomic E-state index is 8.41. The van der Waals surface area contributed by atoms with Crippen molar-refractivity contribution in [1.82, 2.24) is 4.98 Å². The van der Waals surface area contributed by atoms with E-state index < -0.39 is 0 Å². The maximum Gasteiger partial charge on any atom is 0.128 e. The van der Waals surface area contributed by atoms with Crippen LogP contribution in [0.3, 0.4) is 0 Å². The number of halogens is 1.